The van der Waals surface area contributed by atoms with Crippen LogP contribution in [0, 0.1) is 0 Å². The van der Waals surface area contributed by atoms with Gasteiger partial charge in [-0.3, -0.25) is 9.20 Å². The molecule has 0 aromatic carbocycles. The van der Waals surface area contributed by atoms with Gasteiger partial charge < -0.3 is 9.73 Å². The summed E-state index contributed by atoms with van der Waals surface area (Å²) in [5.41, 5.74) is 0.502. The second kappa shape index (κ2) is 6.82. The molecule has 23 heavy (non-hydrogen) atoms. The molecule has 1 atom stereocenters. The first-order valence-corrected chi connectivity index (χ1v) is 8.34. The van der Waals surface area contributed by atoms with E-state index in [0.717, 1.165) is 0 Å². The zero-order valence-corrected chi connectivity index (χ0v) is 14.3. The number of carbonyl (C=O) groups excluding carboxylic acids is 1. The minimum absolute atomic E-state index is 0.128. The lowest BCUT2D eigenvalue weighted by Crippen LogP contribution is -2.30. The highest BCUT2D eigenvalue weighted by molar-refractivity contribution is 8.00. The summed E-state index contributed by atoms with van der Waals surface area (Å²) in [6, 6.07) is 5.17. The van der Waals surface area contributed by atoms with Crippen molar-refractivity contribution in [3.8, 4) is 0 Å². The van der Waals surface area contributed by atoms with E-state index in [1.165, 1.54) is 11.8 Å². The Balaban J connectivity index is 1.70. The minimum Gasteiger partial charge on any atom is -0.467 e. The monoisotopic (exact) mass is 370 g/mol. The quantitative estimate of drug-likeness (QED) is 0.696. The van der Waals surface area contributed by atoms with E-state index in [1.807, 2.05) is 0 Å². The van der Waals surface area contributed by atoms with E-state index in [-0.39, 0.29) is 11.2 Å². The van der Waals surface area contributed by atoms with E-state index in [2.05, 4.69) is 15.5 Å². The number of fused-ring (bicyclic) bond motifs is 1. The lowest BCUT2D eigenvalue weighted by atomic mass is 10.4. The number of furan rings is 1. The molecule has 0 saturated carbocycles. The lowest BCUT2D eigenvalue weighted by Gasteiger charge is -2.10. The van der Waals surface area contributed by atoms with Crippen molar-refractivity contribution < 1.29 is 9.21 Å². The third kappa shape index (κ3) is 3.63. The third-order valence-corrected chi connectivity index (χ3v) is 4.61. The molecule has 1 unspecified atom stereocenters. The highest BCUT2D eigenvalue weighted by atomic mass is 35.5. The maximum Gasteiger partial charge on any atom is 0.233 e. The molecule has 3 aromatic heterocycles. The van der Waals surface area contributed by atoms with Gasteiger partial charge in [0, 0.05) is 6.20 Å². The van der Waals surface area contributed by atoms with Crippen molar-refractivity contribution in [2.45, 2.75) is 23.9 Å². The van der Waals surface area contributed by atoms with E-state index in [4.69, 9.17) is 27.6 Å². The Bertz CT molecular complexity index is 835. The van der Waals surface area contributed by atoms with Crippen LogP contribution in [0.5, 0.6) is 0 Å². The molecule has 0 aliphatic rings. The summed E-state index contributed by atoms with van der Waals surface area (Å²) < 4.78 is 6.85. The fraction of sp³-hybridized carbons (Fsp3) is 0.214. The average Bonchev–Trinajstić information content (AvgIpc) is 3.15. The first-order chi connectivity index (χ1) is 11.0. The number of hydrogen-bond acceptors (Lipinski definition) is 5. The molecule has 120 valence electrons. The van der Waals surface area contributed by atoms with Crippen molar-refractivity contribution in [2.24, 2.45) is 0 Å². The lowest BCUT2D eigenvalue weighted by molar-refractivity contribution is -0.120. The van der Waals surface area contributed by atoms with Gasteiger partial charge >= 0.3 is 0 Å². The SMILES string of the molecule is CC(Sc1nnc2c(Cl)cc(Cl)cn12)C(=O)NCc1ccco1. The Kier molecular flexibility index (Phi) is 4.79. The molecule has 0 radical (unpaired) electrons. The summed E-state index contributed by atoms with van der Waals surface area (Å²) >= 11 is 13.3. The zero-order valence-electron chi connectivity index (χ0n) is 12.0. The van der Waals surface area contributed by atoms with Crippen molar-refractivity contribution in [1.29, 1.82) is 0 Å². The molecule has 0 fully saturated rings. The molecule has 0 saturated heterocycles. The van der Waals surface area contributed by atoms with Gasteiger partial charge in [-0.1, -0.05) is 35.0 Å². The molecular formula is C14H12Cl2N4O2S. The summed E-state index contributed by atoms with van der Waals surface area (Å²) in [5.74, 6) is 0.568. The highest BCUT2D eigenvalue weighted by Crippen LogP contribution is 2.27. The van der Waals surface area contributed by atoms with Crippen LogP contribution >= 0.6 is 35.0 Å². The number of amides is 1. The van der Waals surface area contributed by atoms with E-state index < -0.39 is 0 Å². The van der Waals surface area contributed by atoms with E-state index in [1.54, 1.807) is 42.0 Å². The Hall–Kier alpha value is -1.70. The van der Waals surface area contributed by atoms with Crippen molar-refractivity contribution >= 4 is 46.5 Å². The first kappa shape index (κ1) is 16.2. The second-order valence-electron chi connectivity index (χ2n) is 4.74. The molecule has 0 spiro atoms. The fourth-order valence-corrected chi connectivity index (χ4v) is 3.28. The second-order valence-corrected chi connectivity index (χ2v) is 6.89. The summed E-state index contributed by atoms with van der Waals surface area (Å²) in [7, 11) is 0. The molecule has 3 rings (SSSR count). The topological polar surface area (TPSA) is 72.4 Å². The summed E-state index contributed by atoms with van der Waals surface area (Å²) in [4.78, 5) is 12.2. The number of thioether (sulfide) groups is 1. The molecule has 1 amide bonds. The van der Waals surface area contributed by atoms with Crippen LogP contribution < -0.4 is 5.32 Å². The van der Waals surface area contributed by atoms with Gasteiger partial charge in [-0.25, -0.2) is 0 Å². The van der Waals surface area contributed by atoms with Gasteiger partial charge in [-0.05, 0) is 25.1 Å². The van der Waals surface area contributed by atoms with Crippen LogP contribution in [0.25, 0.3) is 5.65 Å². The molecule has 6 nitrogen and oxygen atoms in total. The van der Waals surface area contributed by atoms with Crippen LogP contribution in [0.4, 0.5) is 0 Å². The standard InChI is InChI=1S/C14H12Cl2N4O2S/c1-8(13(21)17-6-10-3-2-4-22-10)23-14-19-18-12-11(16)5-9(15)7-20(12)14/h2-5,7-8H,6H2,1H3,(H,17,21). The number of pyridine rings is 1. The van der Waals surface area contributed by atoms with E-state index >= 15 is 0 Å². The van der Waals surface area contributed by atoms with Crippen LogP contribution in [0.2, 0.25) is 10.0 Å². The van der Waals surface area contributed by atoms with Crippen LogP contribution in [0.15, 0.2) is 40.2 Å². The maximum atomic E-state index is 12.2. The summed E-state index contributed by atoms with van der Waals surface area (Å²) in [5, 5.41) is 11.9. The Labute approximate surface area is 146 Å². The number of nitrogens with zero attached hydrogens (tertiary/aromatic N) is 3. The number of aromatic nitrogens is 3. The molecule has 0 aliphatic heterocycles. The van der Waals surface area contributed by atoms with Crippen LogP contribution in [0.1, 0.15) is 12.7 Å². The van der Waals surface area contributed by atoms with Crippen LogP contribution in [-0.4, -0.2) is 25.8 Å². The van der Waals surface area contributed by atoms with Gasteiger partial charge in [0.05, 0.1) is 28.1 Å². The van der Waals surface area contributed by atoms with Gasteiger partial charge in [0.25, 0.3) is 0 Å². The number of nitrogens with one attached hydrogen (secondary N) is 1. The third-order valence-electron chi connectivity index (χ3n) is 3.06. The van der Waals surface area contributed by atoms with Crippen molar-refractivity contribution in [2.75, 3.05) is 0 Å². The minimum atomic E-state index is -0.366. The van der Waals surface area contributed by atoms with Gasteiger partial charge in [-0.2, -0.15) is 0 Å². The number of rotatable bonds is 5. The fourth-order valence-electron chi connectivity index (χ4n) is 1.93. The molecule has 0 aliphatic carbocycles. The number of carbonyl (C=O) groups is 1. The zero-order chi connectivity index (χ0) is 16.4. The first-order valence-electron chi connectivity index (χ1n) is 6.71. The predicted molar refractivity (Wildman–Crippen MR) is 88.9 cm³/mol. The number of halogens is 2. The van der Waals surface area contributed by atoms with Crippen molar-refractivity contribution in [1.82, 2.24) is 19.9 Å². The van der Waals surface area contributed by atoms with Gasteiger partial charge in [0.1, 0.15) is 5.76 Å². The average molecular weight is 371 g/mol. The van der Waals surface area contributed by atoms with Gasteiger partial charge in [0.15, 0.2) is 10.8 Å². The van der Waals surface area contributed by atoms with Crippen LogP contribution in [0.3, 0.4) is 0 Å². The number of hydrogen-bond donors (Lipinski definition) is 1. The van der Waals surface area contributed by atoms with E-state index in [0.29, 0.717) is 33.2 Å². The molecule has 9 heteroatoms. The summed E-state index contributed by atoms with van der Waals surface area (Å²) in [6.07, 6.45) is 3.23. The Morgan fingerprint density at radius 2 is 2.30 bits per heavy atom. The smallest absolute Gasteiger partial charge is 0.233 e. The van der Waals surface area contributed by atoms with Crippen LogP contribution in [-0.2, 0) is 11.3 Å². The Morgan fingerprint density at radius 1 is 1.48 bits per heavy atom. The normalized spacial score (nSPS) is 12.5. The predicted octanol–water partition coefficient (Wildman–Crippen LogP) is 3.43. The van der Waals surface area contributed by atoms with Gasteiger partial charge in [-0.15, -0.1) is 10.2 Å². The molecule has 3 aromatic rings. The van der Waals surface area contributed by atoms with Crippen molar-refractivity contribution in [3.05, 3.63) is 46.5 Å². The Morgan fingerprint density at radius 3 is 3.04 bits per heavy atom. The molecule has 1 N–H and O–H groups in total. The van der Waals surface area contributed by atoms with Crippen molar-refractivity contribution in [3.63, 3.8) is 0 Å². The molecule has 3 heterocycles. The van der Waals surface area contributed by atoms with Gasteiger partial charge in [0.2, 0.25) is 5.91 Å². The molecular weight excluding hydrogens is 359 g/mol. The largest absolute Gasteiger partial charge is 0.467 e. The highest BCUT2D eigenvalue weighted by Gasteiger charge is 2.19. The van der Waals surface area contributed by atoms with E-state index in [9.17, 15) is 4.79 Å². The maximum absolute atomic E-state index is 12.2. The molecule has 0 bridgehead atoms. The summed E-state index contributed by atoms with van der Waals surface area (Å²) in [6.45, 7) is 2.13.